The van der Waals surface area contributed by atoms with Crippen molar-refractivity contribution in [2.45, 2.75) is 26.2 Å². The van der Waals surface area contributed by atoms with Gasteiger partial charge in [-0.15, -0.1) is 0 Å². The topological polar surface area (TPSA) is 92.9 Å². The zero-order valence-electron chi connectivity index (χ0n) is 12.1. The third-order valence-corrected chi connectivity index (χ3v) is 3.42. The quantitative estimate of drug-likeness (QED) is 0.730. The summed E-state index contributed by atoms with van der Waals surface area (Å²) in [6.45, 7) is 3.37. The molecule has 0 aromatic carbocycles. The number of likely N-dealkylation sites (tertiary alicyclic amines) is 1. The van der Waals surface area contributed by atoms with Crippen LogP contribution < -0.4 is 5.73 Å². The van der Waals surface area contributed by atoms with Crippen molar-refractivity contribution in [2.24, 2.45) is 11.7 Å². The van der Waals surface area contributed by atoms with E-state index < -0.39 is 6.03 Å². The smallest absolute Gasteiger partial charge is 0.314 e. The van der Waals surface area contributed by atoms with Gasteiger partial charge in [0.1, 0.15) is 0 Å². The Balaban J connectivity index is 2.43. The van der Waals surface area contributed by atoms with Gasteiger partial charge in [0.2, 0.25) is 5.91 Å². The van der Waals surface area contributed by atoms with Gasteiger partial charge < -0.3 is 20.3 Å². The standard InChI is InChI=1S/C13H23N3O4/c1-3-20-11(17)6-8-15(2)12(18)10-5-4-7-16(9-10)13(14)19/h10H,3-9H2,1-2H3,(H2,14,19). The Hall–Kier alpha value is -1.79. The first kappa shape index (κ1) is 16.3. The molecule has 0 radical (unpaired) electrons. The highest BCUT2D eigenvalue weighted by Crippen LogP contribution is 2.18. The van der Waals surface area contributed by atoms with E-state index in [1.165, 1.54) is 9.80 Å². The Morgan fingerprint density at radius 2 is 2.10 bits per heavy atom. The number of carbonyl (C=O) groups excluding carboxylic acids is 3. The zero-order valence-corrected chi connectivity index (χ0v) is 12.1. The number of nitrogens with two attached hydrogens (primary N) is 1. The van der Waals surface area contributed by atoms with Gasteiger partial charge in [0.05, 0.1) is 18.9 Å². The molecule has 0 aliphatic carbocycles. The summed E-state index contributed by atoms with van der Waals surface area (Å²) in [5, 5.41) is 0. The summed E-state index contributed by atoms with van der Waals surface area (Å²) in [6, 6.07) is -0.489. The highest BCUT2D eigenvalue weighted by atomic mass is 16.5. The molecule has 2 N–H and O–H groups in total. The second kappa shape index (κ2) is 7.72. The van der Waals surface area contributed by atoms with Gasteiger partial charge in [-0.3, -0.25) is 9.59 Å². The van der Waals surface area contributed by atoms with Crippen LogP contribution in [0.15, 0.2) is 0 Å². The van der Waals surface area contributed by atoms with E-state index in [1.54, 1.807) is 14.0 Å². The van der Waals surface area contributed by atoms with Crippen molar-refractivity contribution in [3.05, 3.63) is 0 Å². The van der Waals surface area contributed by atoms with Gasteiger partial charge in [0.25, 0.3) is 0 Å². The molecule has 7 heteroatoms. The second-order valence-electron chi connectivity index (χ2n) is 4.94. The highest BCUT2D eigenvalue weighted by molar-refractivity contribution is 5.81. The molecular formula is C13H23N3O4. The monoisotopic (exact) mass is 285 g/mol. The van der Waals surface area contributed by atoms with Crippen LogP contribution in [-0.2, 0) is 14.3 Å². The normalized spacial score (nSPS) is 18.5. The molecule has 7 nitrogen and oxygen atoms in total. The number of nitrogens with zero attached hydrogens (tertiary/aromatic N) is 2. The number of esters is 1. The molecule has 1 aliphatic heterocycles. The fraction of sp³-hybridized carbons (Fsp3) is 0.769. The maximum absolute atomic E-state index is 12.2. The van der Waals surface area contributed by atoms with Gasteiger partial charge in [0, 0.05) is 26.7 Å². The van der Waals surface area contributed by atoms with E-state index >= 15 is 0 Å². The SMILES string of the molecule is CCOC(=O)CCN(C)C(=O)C1CCCN(C(N)=O)C1. The van der Waals surface area contributed by atoms with Gasteiger partial charge in [-0.2, -0.15) is 0 Å². The van der Waals surface area contributed by atoms with Crippen LogP contribution in [0.1, 0.15) is 26.2 Å². The Morgan fingerprint density at radius 3 is 2.70 bits per heavy atom. The Morgan fingerprint density at radius 1 is 1.40 bits per heavy atom. The molecular weight excluding hydrogens is 262 g/mol. The van der Waals surface area contributed by atoms with Crippen molar-refractivity contribution in [2.75, 3.05) is 33.3 Å². The van der Waals surface area contributed by atoms with Crippen LogP contribution in [0.25, 0.3) is 0 Å². The number of primary amides is 1. The van der Waals surface area contributed by atoms with Crippen LogP contribution in [-0.4, -0.2) is 61.0 Å². The molecule has 1 atom stereocenters. The molecule has 1 aliphatic rings. The Kier molecular flexibility index (Phi) is 6.27. The second-order valence-corrected chi connectivity index (χ2v) is 4.94. The summed E-state index contributed by atoms with van der Waals surface area (Å²) in [5.74, 6) is -0.599. The van der Waals surface area contributed by atoms with E-state index in [2.05, 4.69) is 0 Å². The fourth-order valence-electron chi connectivity index (χ4n) is 2.29. The van der Waals surface area contributed by atoms with Crippen LogP contribution in [0.5, 0.6) is 0 Å². The van der Waals surface area contributed by atoms with Crippen LogP contribution in [0.3, 0.4) is 0 Å². The zero-order chi connectivity index (χ0) is 15.1. The minimum absolute atomic E-state index is 0.0553. The molecule has 1 fully saturated rings. The van der Waals surface area contributed by atoms with Crippen molar-refractivity contribution in [3.8, 4) is 0 Å². The number of urea groups is 1. The van der Waals surface area contributed by atoms with E-state index in [0.29, 0.717) is 26.2 Å². The number of hydrogen-bond donors (Lipinski definition) is 1. The van der Waals surface area contributed by atoms with E-state index in [1.807, 2.05) is 0 Å². The van der Waals surface area contributed by atoms with Crippen LogP contribution in [0.4, 0.5) is 4.79 Å². The van der Waals surface area contributed by atoms with Crippen LogP contribution in [0, 0.1) is 5.92 Å². The minimum atomic E-state index is -0.489. The molecule has 0 aromatic heterocycles. The number of carbonyl (C=O) groups is 3. The fourth-order valence-corrected chi connectivity index (χ4v) is 2.29. The van der Waals surface area contributed by atoms with E-state index in [4.69, 9.17) is 10.5 Å². The minimum Gasteiger partial charge on any atom is -0.466 e. The molecule has 20 heavy (non-hydrogen) atoms. The summed E-state index contributed by atoms with van der Waals surface area (Å²) in [6.07, 6.45) is 1.69. The molecule has 0 saturated carbocycles. The first-order chi connectivity index (χ1) is 9.45. The van der Waals surface area contributed by atoms with E-state index in [9.17, 15) is 14.4 Å². The number of ether oxygens (including phenoxy) is 1. The van der Waals surface area contributed by atoms with E-state index in [-0.39, 0.29) is 24.2 Å². The highest BCUT2D eigenvalue weighted by Gasteiger charge is 2.29. The third kappa shape index (κ3) is 4.71. The summed E-state index contributed by atoms with van der Waals surface area (Å²) in [4.78, 5) is 37.6. The van der Waals surface area contributed by atoms with E-state index in [0.717, 1.165) is 12.8 Å². The molecule has 1 heterocycles. The van der Waals surface area contributed by atoms with Gasteiger partial charge in [-0.1, -0.05) is 0 Å². The third-order valence-electron chi connectivity index (χ3n) is 3.42. The largest absolute Gasteiger partial charge is 0.466 e. The van der Waals surface area contributed by atoms with Gasteiger partial charge >= 0.3 is 12.0 Å². The van der Waals surface area contributed by atoms with Crippen molar-refractivity contribution in [3.63, 3.8) is 0 Å². The average molecular weight is 285 g/mol. The lowest BCUT2D eigenvalue weighted by Gasteiger charge is -2.32. The lowest BCUT2D eigenvalue weighted by molar-refractivity contribution is -0.144. The van der Waals surface area contributed by atoms with Gasteiger partial charge in [-0.25, -0.2) is 4.79 Å². The molecule has 0 spiro atoms. The first-order valence-corrected chi connectivity index (χ1v) is 6.90. The number of rotatable bonds is 5. The molecule has 3 amide bonds. The lowest BCUT2D eigenvalue weighted by Crippen LogP contribution is -2.47. The lowest BCUT2D eigenvalue weighted by atomic mass is 9.97. The van der Waals surface area contributed by atoms with Crippen molar-refractivity contribution < 1.29 is 19.1 Å². The maximum atomic E-state index is 12.2. The summed E-state index contributed by atoms with van der Waals surface area (Å²) in [5.41, 5.74) is 5.24. The summed E-state index contributed by atoms with van der Waals surface area (Å²) < 4.78 is 4.82. The predicted molar refractivity (Wildman–Crippen MR) is 72.8 cm³/mol. The molecule has 114 valence electrons. The first-order valence-electron chi connectivity index (χ1n) is 6.90. The van der Waals surface area contributed by atoms with Crippen molar-refractivity contribution in [1.82, 2.24) is 9.80 Å². The predicted octanol–water partition coefficient (Wildman–Crippen LogP) is 0.189. The number of amides is 3. The number of hydrogen-bond acceptors (Lipinski definition) is 4. The van der Waals surface area contributed by atoms with Crippen molar-refractivity contribution >= 4 is 17.9 Å². The molecule has 1 rings (SSSR count). The van der Waals surface area contributed by atoms with Gasteiger partial charge in [-0.05, 0) is 19.8 Å². The average Bonchev–Trinajstić information content (AvgIpc) is 2.44. The summed E-state index contributed by atoms with van der Waals surface area (Å²) in [7, 11) is 1.66. The van der Waals surface area contributed by atoms with Crippen LogP contribution in [0.2, 0.25) is 0 Å². The Bertz CT molecular complexity index is 373. The van der Waals surface area contributed by atoms with Gasteiger partial charge in [0.15, 0.2) is 0 Å². The summed E-state index contributed by atoms with van der Waals surface area (Å²) >= 11 is 0. The maximum Gasteiger partial charge on any atom is 0.314 e. The molecule has 1 saturated heterocycles. The number of piperidine rings is 1. The molecule has 0 bridgehead atoms. The molecule has 0 aromatic rings. The Labute approximate surface area is 119 Å². The van der Waals surface area contributed by atoms with Crippen LogP contribution >= 0.6 is 0 Å². The molecule has 1 unspecified atom stereocenters. The van der Waals surface area contributed by atoms with Crippen molar-refractivity contribution in [1.29, 1.82) is 0 Å².